The second-order valence-corrected chi connectivity index (χ2v) is 3.77. The van der Waals surface area contributed by atoms with Crippen LogP contribution >= 0.6 is 0 Å². The van der Waals surface area contributed by atoms with Crippen molar-refractivity contribution in [1.29, 1.82) is 0 Å². The number of aliphatic hydroxyl groups excluding tert-OH is 1. The van der Waals surface area contributed by atoms with Crippen LogP contribution in [0.5, 0.6) is 0 Å². The van der Waals surface area contributed by atoms with Crippen molar-refractivity contribution in [1.82, 2.24) is 10.3 Å². The molecular weight excluding hydrogens is 183 g/mol. The Hall–Kier alpha value is -1.00. The van der Waals surface area contributed by atoms with Crippen LogP contribution in [0.1, 0.15) is 25.5 Å². The first kappa shape index (κ1) is 11.1. The maximum atomic E-state index is 13.3. The van der Waals surface area contributed by atoms with Gasteiger partial charge in [0.05, 0.1) is 12.3 Å². The Balaban J connectivity index is 3.00. The number of nitrogens with one attached hydrogen (secondary N) is 1. The summed E-state index contributed by atoms with van der Waals surface area (Å²) >= 11 is 0. The fourth-order valence-electron chi connectivity index (χ4n) is 1.13. The van der Waals surface area contributed by atoms with Crippen molar-refractivity contribution in [2.45, 2.75) is 25.5 Å². The Morgan fingerprint density at radius 2 is 2.21 bits per heavy atom. The quantitative estimate of drug-likeness (QED) is 0.768. The molecule has 78 valence electrons. The van der Waals surface area contributed by atoms with Crippen molar-refractivity contribution >= 4 is 0 Å². The molecular formula is C10H15FN2O. The first-order valence-electron chi connectivity index (χ1n) is 4.45. The second-order valence-electron chi connectivity index (χ2n) is 3.77. The zero-order valence-corrected chi connectivity index (χ0v) is 8.58. The summed E-state index contributed by atoms with van der Waals surface area (Å²) in [5.41, 5.74) is -0.304. The number of hydrogen-bond acceptors (Lipinski definition) is 3. The molecule has 1 rings (SSSR count). The molecule has 0 radical (unpaired) electrons. The number of pyridine rings is 1. The normalized spacial score (nSPS) is 14.1. The lowest BCUT2D eigenvalue weighted by molar-refractivity contribution is 0.0820. The largest absolute Gasteiger partial charge is 0.386 e. The van der Waals surface area contributed by atoms with E-state index in [4.69, 9.17) is 0 Å². The molecule has 2 N–H and O–H groups in total. The summed E-state index contributed by atoms with van der Waals surface area (Å²) in [6, 6.07) is 1.49. The van der Waals surface area contributed by atoms with Crippen LogP contribution in [-0.2, 0) is 0 Å². The zero-order chi connectivity index (χ0) is 10.8. The van der Waals surface area contributed by atoms with E-state index < -0.39 is 17.5 Å². The van der Waals surface area contributed by atoms with Crippen molar-refractivity contribution in [3.63, 3.8) is 0 Å². The topological polar surface area (TPSA) is 45.1 Å². The smallest absolute Gasteiger partial charge is 0.147 e. The SMILES string of the molecule is CNC(C)(C)C(O)c1ccncc1F. The average molecular weight is 198 g/mol. The van der Waals surface area contributed by atoms with Crippen LogP contribution in [0.3, 0.4) is 0 Å². The van der Waals surface area contributed by atoms with Gasteiger partial charge in [-0.2, -0.15) is 0 Å². The third-order valence-electron chi connectivity index (χ3n) is 2.43. The molecule has 0 bridgehead atoms. The molecule has 14 heavy (non-hydrogen) atoms. The van der Waals surface area contributed by atoms with Gasteiger partial charge in [0.1, 0.15) is 5.82 Å². The molecule has 1 unspecified atom stereocenters. The molecule has 1 atom stereocenters. The predicted molar refractivity (Wildman–Crippen MR) is 52.3 cm³/mol. The van der Waals surface area contributed by atoms with Gasteiger partial charge in [0, 0.05) is 17.3 Å². The zero-order valence-electron chi connectivity index (χ0n) is 8.58. The summed E-state index contributed by atoms with van der Waals surface area (Å²) in [5.74, 6) is -0.483. The molecule has 0 saturated carbocycles. The molecule has 0 aliphatic carbocycles. The van der Waals surface area contributed by atoms with E-state index in [-0.39, 0.29) is 5.56 Å². The minimum atomic E-state index is -0.893. The van der Waals surface area contributed by atoms with Gasteiger partial charge >= 0.3 is 0 Å². The Kier molecular flexibility index (Phi) is 3.18. The van der Waals surface area contributed by atoms with E-state index in [1.54, 1.807) is 20.9 Å². The highest BCUT2D eigenvalue weighted by molar-refractivity contribution is 5.19. The van der Waals surface area contributed by atoms with Gasteiger partial charge in [0.2, 0.25) is 0 Å². The number of likely N-dealkylation sites (N-methyl/N-ethyl adjacent to an activating group) is 1. The maximum absolute atomic E-state index is 13.3. The highest BCUT2D eigenvalue weighted by Crippen LogP contribution is 2.26. The lowest BCUT2D eigenvalue weighted by Gasteiger charge is -2.30. The number of hydrogen-bond donors (Lipinski definition) is 2. The Bertz CT molecular complexity index is 315. The highest BCUT2D eigenvalue weighted by atomic mass is 19.1. The second kappa shape index (κ2) is 4.02. The van der Waals surface area contributed by atoms with Crippen molar-refractivity contribution in [3.8, 4) is 0 Å². The lowest BCUT2D eigenvalue weighted by Crippen LogP contribution is -2.42. The molecule has 1 heterocycles. The van der Waals surface area contributed by atoms with Gasteiger partial charge in [-0.1, -0.05) is 0 Å². The van der Waals surface area contributed by atoms with Crippen molar-refractivity contribution in [2.75, 3.05) is 7.05 Å². The fraction of sp³-hybridized carbons (Fsp3) is 0.500. The summed E-state index contributed by atoms with van der Waals surface area (Å²) in [7, 11) is 1.72. The van der Waals surface area contributed by atoms with Gasteiger partial charge in [-0.05, 0) is 27.0 Å². The van der Waals surface area contributed by atoms with E-state index in [1.807, 2.05) is 0 Å². The lowest BCUT2D eigenvalue weighted by atomic mass is 9.92. The number of nitrogens with zero attached hydrogens (tertiary/aromatic N) is 1. The molecule has 3 nitrogen and oxygen atoms in total. The van der Waals surface area contributed by atoms with E-state index in [2.05, 4.69) is 10.3 Å². The highest BCUT2D eigenvalue weighted by Gasteiger charge is 2.29. The number of aliphatic hydroxyl groups is 1. The molecule has 0 spiro atoms. The summed E-state index contributed by atoms with van der Waals surface area (Å²) in [4.78, 5) is 3.63. The molecule has 1 aromatic rings. The molecule has 4 heteroatoms. The molecule has 0 amide bonds. The van der Waals surface area contributed by atoms with Crippen LogP contribution in [0.15, 0.2) is 18.5 Å². The minimum Gasteiger partial charge on any atom is -0.386 e. The van der Waals surface area contributed by atoms with Gasteiger partial charge in [0.25, 0.3) is 0 Å². The molecule has 0 aromatic carbocycles. The van der Waals surface area contributed by atoms with Crippen LogP contribution in [0.25, 0.3) is 0 Å². The van der Waals surface area contributed by atoms with Gasteiger partial charge in [-0.3, -0.25) is 4.98 Å². The van der Waals surface area contributed by atoms with Crippen LogP contribution in [0.4, 0.5) is 4.39 Å². The van der Waals surface area contributed by atoms with E-state index in [9.17, 15) is 9.50 Å². The Morgan fingerprint density at radius 1 is 1.57 bits per heavy atom. The summed E-state index contributed by atoms with van der Waals surface area (Å²) in [5, 5.41) is 12.8. The fourth-order valence-corrected chi connectivity index (χ4v) is 1.13. The predicted octanol–water partition coefficient (Wildman–Crippen LogP) is 1.25. The molecule has 0 saturated heterocycles. The maximum Gasteiger partial charge on any atom is 0.147 e. The van der Waals surface area contributed by atoms with E-state index in [0.717, 1.165) is 6.20 Å². The van der Waals surface area contributed by atoms with Crippen molar-refractivity contribution < 1.29 is 9.50 Å². The van der Waals surface area contributed by atoms with Gasteiger partial charge in [0.15, 0.2) is 0 Å². The molecule has 1 aromatic heterocycles. The van der Waals surface area contributed by atoms with E-state index in [0.29, 0.717) is 0 Å². The number of rotatable bonds is 3. The Labute approximate surface area is 83.0 Å². The molecule has 0 aliphatic heterocycles. The number of halogens is 1. The minimum absolute atomic E-state index is 0.263. The van der Waals surface area contributed by atoms with Crippen LogP contribution < -0.4 is 5.32 Å². The van der Waals surface area contributed by atoms with E-state index in [1.165, 1.54) is 12.3 Å². The van der Waals surface area contributed by atoms with Crippen LogP contribution in [-0.4, -0.2) is 22.7 Å². The van der Waals surface area contributed by atoms with Crippen molar-refractivity contribution in [2.24, 2.45) is 0 Å². The van der Waals surface area contributed by atoms with Crippen LogP contribution in [0, 0.1) is 5.82 Å². The van der Waals surface area contributed by atoms with Crippen LogP contribution in [0.2, 0.25) is 0 Å². The van der Waals surface area contributed by atoms with E-state index >= 15 is 0 Å². The third kappa shape index (κ3) is 2.08. The van der Waals surface area contributed by atoms with Gasteiger partial charge < -0.3 is 10.4 Å². The first-order valence-corrected chi connectivity index (χ1v) is 4.45. The van der Waals surface area contributed by atoms with Crippen molar-refractivity contribution in [3.05, 3.63) is 29.8 Å². The summed E-state index contributed by atoms with van der Waals surface area (Å²) < 4.78 is 13.3. The number of aromatic nitrogens is 1. The van der Waals surface area contributed by atoms with Gasteiger partial charge in [-0.25, -0.2) is 4.39 Å². The van der Waals surface area contributed by atoms with Gasteiger partial charge in [-0.15, -0.1) is 0 Å². The average Bonchev–Trinajstić information content (AvgIpc) is 2.17. The molecule has 0 fully saturated rings. The first-order chi connectivity index (χ1) is 6.49. The summed E-state index contributed by atoms with van der Waals surface area (Å²) in [6.07, 6.45) is 1.67. The summed E-state index contributed by atoms with van der Waals surface area (Å²) in [6.45, 7) is 3.61. The third-order valence-corrected chi connectivity index (χ3v) is 2.43. The standard InChI is InChI=1S/C10H15FN2O/c1-10(2,12-3)9(14)7-4-5-13-6-8(7)11/h4-6,9,12,14H,1-3H3. The monoisotopic (exact) mass is 198 g/mol. The Morgan fingerprint density at radius 3 is 2.71 bits per heavy atom. The molecule has 0 aliphatic rings.